The van der Waals surface area contributed by atoms with Gasteiger partial charge in [0.25, 0.3) is 0 Å². The second kappa shape index (κ2) is 5.32. The number of nitrogens with two attached hydrogens (primary N) is 1. The van der Waals surface area contributed by atoms with Crippen molar-refractivity contribution in [2.75, 3.05) is 5.73 Å². The number of nitrogen functional groups attached to an aromatic ring is 1. The highest BCUT2D eigenvalue weighted by molar-refractivity contribution is 5.72. The standard InChI is InChI=1S/C15H12F2N4/c16-12-2-1-10(5-13(12)17)8-21-9-20-7-15(21)11-6-19-4-3-14(11)18/h1-7,9H,8H2,(H2,18,19). The Morgan fingerprint density at radius 1 is 1.05 bits per heavy atom. The third-order valence-corrected chi connectivity index (χ3v) is 3.18. The molecule has 0 saturated carbocycles. The fraction of sp³-hybridized carbons (Fsp3) is 0.0667. The van der Waals surface area contributed by atoms with E-state index in [1.807, 2.05) is 0 Å². The van der Waals surface area contributed by atoms with Crippen molar-refractivity contribution >= 4 is 5.69 Å². The van der Waals surface area contributed by atoms with E-state index >= 15 is 0 Å². The van der Waals surface area contributed by atoms with Gasteiger partial charge in [0.05, 0.1) is 18.2 Å². The van der Waals surface area contributed by atoms with Gasteiger partial charge in [-0.25, -0.2) is 13.8 Å². The molecule has 0 saturated heterocycles. The van der Waals surface area contributed by atoms with Gasteiger partial charge in [-0.2, -0.15) is 0 Å². The van der Waals surface area contributed by atoms with Crippen molar-refractivity contribution in [2.45, 2.75) is 6.54 Å². The molecule has 0 amide bonds. The van der Waals surface area contributed by atoms with E-state index in [-0.39, 0.29) is 0 Å². The Morgan fingerprint density at radius 2 is 1.90 bits per heavy atom. The Labute approximate surface area is 119 Å². The zero-order chi connectivity index (χ0) is 14.8. The fourth-order valence-corrected chi connectivity index (χ4v) is 2.12. The van der Waals surface area contributed by atoms with Gasteiger partial charge in [-0.05, 0) is 23.8 Å². The largest absolute Gasteiger partial charge is 0.398 e. The van der Waals surface area contributed by atoms with E-state index in [1.165, 1.54) is 12.1 Å². The molecule has 0 fully saturated rings. The number of benzene rings is 1. The van der Waals surface area contributed by atoms with Gasteiger partial charge in [0, 0.05) is 30.2 Å². The molecule has 0 radical (unpaired) electrons. The molecule has 0 atom stereocenters. The van der Waals surface area contributed by atoms with Crippen LogP contribution in [0.5, 0.6) is 0 Å². The maximum atomic E-state index is 13.3. The molecule has 1 aromatic carbocycles. The molecule has 21 heavy (non-hydrogen) atoms. The third kappa shape index (κ3) is 2.60. The molecule has 0 aliphatic rings. The number of nitrogens with zero attached hydrogens (tertiary/aromatic N) is 3. The Morgan fingerprint density at radius 3 is 2.67 bits per heavy atom. The van der Waals surface area contributed by atoms with E-state index in [0.29, 0.717) is 17.8 Å². The summed E-state index contributed by atoms with van der Waals surface area (Å²) in [4.78, 5) is 8.13. The average Bonchev–Trinajstić information content (AvgIpc) is 2.91. The van der Waals surface area contributed by atoms with Crippen LogP contribution in [0.4, 0.5) is 14.5 Å². The van der Waals surface area contributed by atoms with Gasteiger partial charge in [-0.1, -0.05) is 6.07 Å². The lowest BCUT2D eigenvalue weighted by atomic mass is 10.1. The summed E-state index contributed by atoms with van der Waals surface area (Å²) < 4.78 is 28.0. The van der Waals surface area contributed by atoms with Crippen LogP contribution >= 0.6 is 0 Å². The maximum absolute atomic E-state index is 13.3. The van der Waals surface area contributed by atoms with Crippen molar-refractivity contribution in [1.29, 1.82) is 0 Å². The maximum Gasteiger partial charge on any atom is 0.159 e. The first-order chi connectivity index (χ1) is 10.1. The van der Waals surface area contributed by atoms with Crippen molar-refractivity contribution in [1.82, 2.24) is 14.5 Å². The summed E-state index contributed by atoms with van der Waals surface area (Å²) in [7, 11) is 0. The smallest absolute Gasteiger partial charge is 0.159 e. The van der Waals surface area contributed by atoms with Crippen molar-refractivity contribution in [3.05, 3.63) is 66.4 Å². The Kier molecular flexibility index (Phi) is 3.35. The SMILES string of the molecule is Nc1ccncc1-c1cncn1Cc1ccc(F)c(F)c1. The first-order valence-electron chi connectivity index (χ1n) is 6.29. The van der Waals surface area contributed by atoms with Gasteiger partial charge in [0.1, 0.15) is 0 Å². The summed E-state index contributed by atoms with van der Waals surface area (Å²) in [5.74, 6) is -1.73. The third-order valence-electron chi connectivity index (χ3n) is 3.18. The van der Waals surface area contributed by atoms with Crippen LogP contribution in [0, 0.1) is 11.6 Å². The van der Waals surface area contributed by atoms with Crippen LogP contribution in [-0.2, 0) is 6.54 Å². The Bertz CT molecular complexity index is 783. The molecule has 3 rings (SSSR count). The number of hydrogen-bond donors (Lipinski definition) is 1. The molecule has 2 N–H and O–H groups in total. The minimum absolute atomic E-state index is 0.362. The molecule has 106 valence electrons. The molecule has 3 aromatic rings. The summed E-state index contributed by atoms with van der Waals surface area (Å²) in [6.45, 7) is 0.362. The highest BCUT2D eigenvalue weighted by Gasteiger charge is 2.10. The highest BCUT2D eigenvalue weighted by Crippen LogP contribution is 2.25. The Hall–Kier alpha value is -2.76. The predicted octanol–water partition coefficient (Wildman–Crippen LogP) is 2.85. The van der Waals surface area contributed by atoms with Crippen LogP contribution in [0.1, 0.15) is 5.56 Å². The van der Waals surface area contributed by atoms with Gasteiger partial charge in [-0.3, -0.25) is 4.98 Å². The average molecular weight is 286 g/mol. The molecule has 0 aliphatic heterocycles. The molecular weight excluding hydrogens is 274 g/mol. The first kappa shape index (κ1) is 13.2. The van der Waals surface area contributed by atoms with E-state index in [2.05, 4.69) is 9.97 Å². The number of anilines is 1. The van der Waals surface area contributed by atoms with Gasteiger partial charge >= 0.3 is 0 Å². The predicted molar refractivity (Wildman–Crippen MR) is 75.3 cm³/mol. The van der Waals surface area contributed by atoms with E-state index in [4.69, 9.17) is 5.73 Å². The van der Waals surface area contributed by atoms with Crippen LogP contribution in [0.3, 0.4) is 0 Å². The van der Waals surface area contributed by atoms with Crippen molar-refractivity contribution in [3.63, 3.8) is 0 Å². The fourth-order valence-electron chi connectivity index (χ4n) is 2.12. The second-order valence-electron chi connectivity index (χ2n) is 4.62. The normalized spacial score (nSPS) is 10.8. The van der Waals surface area contributed by atoms with Crippen molar-refractivity contribution in [2.24, 2.45) is 0 Å². The van der Waals surface area contributed by atoms with Gasteiger partial charge in [-0.15, -0.1) is 0 Å². The number of rotatable bonds is 3. The van der Waals surface area contributed by atoms with Crippen LogP contribution in [0.15, 0.2) is 49.2 Å². The summed E-state index contributed by atoms with van der Waals surface area (Å²) in [5, 5.41) is 0. The van der Waals surface area contributed by atoms with E-state index in [0.717, 1.165) is 17.3 Å². The van der Waals surface area contributed by atoms with Crippen LogP contribution in [0.2, 0.25) is 0 Å². The van der Waals surface area contributed by atoms with Gasteiger partial charge in [0.2, 0.25) is 0 Å². The molecule has 0 unspecified atom stereocenters. The summed E-state index contributed by atoms with van der Waals surface area (Å²) in [6, 6.07) is 5.52. The first-order valence-corrected chi connectivity index (χ1v) is 6.29. The lowest BCUT2D eigenvalue weighted by Gasteiger charge is -2.10. The summed E-state index contributed by atoms with van der Waals surface area (Å²) >= 11 is 0. The molecule has 4 nitrogen and oxygen atoms in total. The molecule has 0 spiro atoms. The minimum atomic E-state index is -0.866. The minimum Gasteiger partial charge on any atom is -0.398 e. The zero-order valence-electron chi connectivity index (χ0n) is 11.0. The van der Waals surface area contributed by atoms with Crippen molar-refractivity contribution < 1.29 is 8.78 Å². The highest BCUT2D eigenvalue weighted by atomic mass is 19.2. The number of pyridine rings is 1. The number of imidazole rings is 1. The molecule has 2 aromatic heterocycles. The quantitative estimate of drug-likeness (QED) is 0.805. The monoisotopic (exact) mass is 286 g/mol. The van der Waals surface area contributed by atoms with E-state index in [9.17, 15) is 8.78 Å². The van der Waals surface area contributed by atoms with Crippen LogP contribution in [-0.4, -0.2) is 14.5 Å². The molecule has 0 bridgehead atoms. The topological polar surface area (TPSA) is 56.7 Å². The lowest BCUT2D eigenvalue weighted by molar-refractivity contribution is 0.506. The van der Waals surface area contributed by atoms with E-state index in [1.54, 1.807) is 35.6 Å². The van der Waals surface area contributed by atoms with Crippen molar-refractivity contribution in [3.8, 4) is 11.3 Å². The molecular formula is C15H12F2N4. The van der Waals surface area contributed by atoms with Gasteiger partial charge < -0.3 is 10.3 Å². The molecule has 0 aliphatic carbocycles. The Balaban J connectivity index is 1.96. The van der Waals surface area contributed by atoms with E-state index < -0.39 is 11.6 Å². The number of hydrogen-bond acceptors (Lipinski definition) is 3. The second-order valence-corrected chi connectivity index (χ2v) is 4.62. The summed E-state index contributed by atoms with van der Waals surface area (Å²) in [5.41, 5.74) is 8.66. The van der Waals surface area contributed by atoms with Crippen LogP contribution in [0.25, 0.3) is 11.3 Å². The zero-order valence-corrected chi connectivity index (χ0v) is 11.0. The van der Waals surface area contributed by atoms with Crippen LogP contribution < -0.4 is 5.73 Å². The molecule has 2 heterocycles. The lowest BCUT2D eigenvalue weighted by Crippen LogP contribution is -2.03. The number of halogens is 2. The molecule has 6 heteroatoms. The van der Waals surface area contributed by atoms with Gasteiger partial charge in [0.15, 0.2) is 11.6 Å². The number of aromatic nitrogens is 3. The summed E-state index contributed by atoms with van der Waals surface area (Å²) in [6.07, 6.45) is 6.53.